The number of piperazine rings is 1. The second-order valence-corrected chi connectivity index (χ2v) is 11.2. The fraction of sp³-hybridized carbons (Fsp3) is 0.667. The molecular formula is C30H46N4O3. The summed E-state index contributed by atoms with van der Waals surface area (Å²) in [5.41, 5.74) is 1.37. The highest BCUT2D eigenvalue weighted by Crippen LogP contribution is 2.31. The van der Waals surface area contributed by atoms with Crippen molar-refractivity contribution in [3.8, 4) is 0 Å². The Hall–Kier alpha value is -2.22. The fourth-order valence-corrected chi connectivity index (χ4v) is 6.31. The number of carbonyl (C=O) groups is 1. The van der Waals surface area contributed by atoms with Crippen molar-refractivity contribution in [2.24, 2.45) is 13.0 Å². The van der Waals surface area contributed by atoms with Crippen LogP contribution in [0.1, 0.15) is 57.9 Å². The molecule has 2 fully saturated rings. The summed E-state index contributed by atoms with van der Waals surface area (Å²) in [5.74, 6) is 0.186. The van der Waals surface area contributed by atoms with Crippen molar-refractivity contribution in [1.29, 1.82) is 0 Å². The van der Waals surface area contributed by atoms with Gasteiger partial charge in [0.05, 0.1) is 24.2 Å². The van der Waals surface area contributed by atoms with Crippen LogP contribution in [0.25, 0.3) is 10.9 Å². The predicted octanol–water partition coefficient (Wildman–Crippen LogP) is 3.88. The summed E-state index contributed by atoms with van der Waals surface area (Å²) in [4.78, 5) is 34.6. The number of rotatable bonds is 10. The lowest BCUT2D eigenvalue weighted by Gasteiger charge is -2.51. The van der Waals surface area contributed by atoms with E-state index in [9.17, 15) is 9.59 Å². The average Bonchev–Trinajstić information content (AvgIpc) is 2.91. The molecule has 7 nitrogen and oxygen atoms in total. The standard InChI is InChI=1S/C30H46N4O3/c1-5-10-24(11-6-2)29(36)33(21-26-20-25-12-7-8-13-27(25)32(4)28(26)35)22-30(14-9-19-37-23-30)34-17-15-31(3)16-18-34/h7-8,12-13,20,24H,5-6,9-11,14-19,21-23H2,1-4H3. The molecule has 0 N–H and O–H groups in total. The van der Waals surface area contributed by atoms with Crippen molar-refractivity contribution in [2.75, 3.05) is 53.0 Å². The first-order valence-corrected chi connectivity index (χ1v) is 14.3. The molecule has 1 atom stereocenters. The number of ether oxygens (including phenoxy) is 1. The van der Waals surface area contributed by atoms with E-state index in [1.54, 1.807) is 4.57 Å². The zero-order valence-electron chi connectivity index (χ0n) is 23.4. The van der Waals surface area contributed by atoms with Gasteiger partial charge < -0.3 is 19.1 Å². The number of pyridine rings is 1. The molecule has 1 unspecified atom stereocenters. The van der Waals surface area contributed by atoms with Crippen LogP contribution in [0, 0.1) is 5.92 Å². The summed E-state index contributed by atoms with van der Waals surface area (Å²) in [5, 5.41) is 1.03. The molecule has 1 amide bonds. The smallest absolute Gasteiger partial charge is 0.255 e. The molecular weight excluding hydrogens is 464 g/mol. The maximum Gasteiger partial charge on any atom is 0.255 e. The first-order valence-electron chi connectivity index (χ1n) is 14.3. The van der Waals surface area contributed by atoms with E-state index in [-0.39, 0.29) is 22.9 Å². The topological polar surface area (TPSA) is 58.0 Å². The Bertz CT molecular complexity index is 1090. The van der Waals surface area contributed by atoms with Gasteiger partial charge in [-0.1, -0.05) is 44.9 Å². The summed E-state index contributed by atoms with van der Waals surface area (Å²) in [6.45, 7) is 10.7. The first kappa shape index (κ1) is 27.8. The number of fused-ring (bicyclic) bond motifs is 1. The Morgan fingerprint density at radius 2 is 1.78 bits per heavy atom. The third kappa shape index (κ3) is 6.27. The van der Waals surface area contributed by atoms with E-state index < -0.39 is 0 Å². The molecule has 4 rings (SSSR count). The van der Waals surface area contributed by atoms with Crippen molar-refractivity contribution in [1.82, 2.24) is 19.3 Å². The minimum absolute atomic E-state index is 0.00615. The lowest BCUT2D eigenvalue weighted by molar-refractivity contribution is -0.142. The number of carbonyl (C=O) groups excluding carboxylic acids is 1. The fourth-order valence-electron chi connectivity index (χ4n) is 6.31. The van der Waals surface area contributed by atoms with Crippen LogP contribution in [0.2, 0.25) is 0 Å². The number of nitrogens with zero attached hydrogens (tertiary/aromatic N) is 4. The summed E-state index contributed by atoms with van der Waals surface area (Å²) in [6.07, 6.45) is 5.75. The predicted molar refractivity (Wildman–Crippen MR) is 150 cm³/mol. The van der Waals surface area contributed by atoms with Crippen molar-refractivity contribution in [3.63, 3.8) is 0 Å². The molecule has 3 heterocycles. The molecule has 1 aromatic heterocycles. The zero-order valence-corrected chi connectivity index (χ0v) is 23.4. The van der Waals surface area contributed by atoms with Crippen molar-refractivity contribution < 1.29 is 9.53 Å². The van der Waals surface area contributed by atoms with Gasteiger partial charge in [0.2, 0.25) is 5.91 Å². The van der Waals surface area contributed by atoms with Crippen LogP contribution in [0.5, 0.6) is 0 Å². The number of para-hydroxylation sites is 1. The minimum atomic E-state index is -0.208. The number of aromatic nitrogens is 1. The van der Waals surface area contributed by atoms with Gasteiger partial charge in [0.25, 0.3) is 5.56 Å². The number of hydrogen-bond donors (Lipinski definition) is 0. The van der Waals surface area contributed by atoms with E-state index in [1.165, 1.54) is 0 Å². The van der Waals surface area contributed by atoms with E-state index >= 15 is 0 Å². The molecule has 2 saturated heterocycles. The number of amides is 1. The normalized spacial score (nSPS) is 21.5. The van der Waals surface area contributed by atoms with Gasteiger partial charge in [0, 0.05) is 57.9 Å². The number of likely N-dealkylation sites (N-methyl/N-ethyl adjacent to an activating group) is 1. The lowest BCUT2D eigenvalue weighted by atomic mass is 9.87. The number of benzene rings is 1. The van der Waals surface area contributed by atoms with Gasteiger partial charge in [-0.25, -0.2) is 0 Å². The number of hydrogen-bond acceptors (Lipinski definition) is 5. The molecule has 2 aliphatic rings. The van der Waals surface area contributed by atoms with Crippen LogP contribution in [0.3, 0.4) is 0 Å². The SMILES string of the molecule is CCCC(CCC)C(=O)N(Cc1cc2ccccc2n(C)c1=O)CC1(N2CCN(C)CC2)CCCOC1. The summed E-state index contributed by atoms with van der Waals surface area (Å²) < 4.78 is 7.82. The van der Waals surface area contributed by atoms with Crippen LogP contribution in [-0.2, 0) is 23.1 Å². The molecule has 0 saturated carbocycles. The minimum Gasteiger partial charge on any atom is -0.379 e. The molecule has 0 aliphatic carbocycles. The van der Waals surface area contributed by atoms with E-state index in [2.05, 4.69) is 30.7 Å². The summed E-state index contributed by atoms with van der Waals surface area (Å²) in [6, 6.07) is 9.97. The van der Waals surface area contributed by atoms with Gasteiger partial charge in [-0.3, -0.25) is 14.5 Å². The first-order chi connectivity index (χ1) is 17.9. The second-order valence-electron chi connectivity index (χ2n) is 11.2. The molecule has 0 radical (unpaired) electrons. The molecule has 204 valence electrons. The van der Waals surface area contributed by atoms with Gasteiger partial charge in [0.15, 0.2) is 0 Å². The van der Waals surface area contributed by atoms with E-state index in [4.69, 9.17) is 4.74 Å². The van der Waals surface area contributed by atoms with Crippen LogP contribution in [0.4, 0.5) is 0 Å². The molecule has 2 aliphatic heterocycles. The zero-order chi connectivity index (χ0) is 26.4. The van der Waals surface area contributed by atoms with E-state index in [0.717, 1.165) is 82.2 Å². The molecule has 7 heteroatoms. The van der Waals surface area contributed by atoms with Gasteiger partial charge in [0.1, 0.15) is 0 Å². The van der Waals surface area contributed by atoms with Gasteiger partial charge in [-0.15, -0.1) is 0 Å². The highest BCUT2D eigenvalue weighted by atomic mass is 16.5. The number of aryl methyl sites for hydroxylation is 1. The highest BCUT2D eigenvalue weighted by Gasteiger charge is 2.43. The van der Waals surface area contributed by atoms with Crippen molar-refractivity contribution in [2.45, 2.75) is 64.5 Å². The van der Waals surface area contributed by atoms with Crippen LogP contribution in [-0.4, -0.2) is 83.7 Å². The van der Waals surface area contributed by atoms with Gasteiger partial charge >= 0.3 is 0 Å². The van der Waals surface area contributed by atoms with E-state index in [0.29, 0.717) is 25.3 Å². The monoisotopic (exact) mass is 510 g/mol. The second kappa shape index (κ2) is 12.5. The van der Waals surface area contributed by atoms with E-state index in [1.807, 2.05) is 42.3 Å². The lowest BCUT2D eigenvalue weighted by Crippen LogP contribution is -2.64. The highest BCUT2D eigenvalue weighted by molar-refractivity contribution is 5.81. The van der Waals surface area contributed by atoms with Gasteiger partial charge in [-0.2, -0.15) is 0 Å². The third-order valence-electron chi connectivity index (χ3n) is 8.46. The van der Waals surface area contributed by atoms with Crippen molar-refractivity contribution >= 4 is 16.8 Å². The summed E-state index contributed by atoms with van der Waals surface area (Å²) >= 11 is 0. The molecule has 37 heavy (non-hydrogen) atoms. The Labute approximate surface area is 222 Å². The van der Waals surface area contributed by atoms with Crippen molar-refractivity contribution in [3.05, 3.63) is 46.2 Å². The maximum absolute atomic E-state index is 14.2. The molecule has 2 aromatic rings. The Morgan fingerprint density at radius 3 is 2.43 bits per heavy atom. The van der Waals surface area contributed by atoms with Crippen LogP contribution in [0.15, 0.2) is 35.1 Å². The molecule has 1 aromatic carbocycles. The Morgan fingerprint density at radius 1 is 1.08 bits per heavy atom. The average molecular weight is 511 g/mol. The Kier molecular flexibility index (Phi) is 9.43. The third-order valence-corrected chi connectivity index (χ3v) is 8.46. The van der Waals surface area contributed by atoms with Crippen LogP contribution >= 0.6 is 0 Å². The Balaban J connectivity index is 1.71. The molecule has 0 bridgehead atoms. The van der Waals surface area contributed by atoms with Crippen LogP contribution < -0.4 is 5.56 Å². The molecule has 0 spiro atoms. The van der Waals surface area contributed by atoms with Gasteiger partial charge in [-0.05, 0) is 50.2 Å². The maximum atomic E-state index is 14.2. The summed E-state index contributed by atoms with van der Waals surface area (Å²) in [7, 11) is 4.00. The quantitative estimate of drug-likeness (QED) is 0.486. The largest absolute Gasteiger partial charge is 0.379 e.